The first-order chi connectivity index (χ1) is 12.1. The number of thiazole rings is 1. The lowest BCUT2D eigenvalue weighted by Gasteiger charge is -2.08. The van der Waals surface area contributed by atoms with Crippen LogP contribution in [0.1, 0.15) is 33.8 Å². The highest BCUT2D eigenvalue weighted by molar-refractivity contribution is 7.09. The quantitative estimate of drug-likeness (QED) is 0.576. The molecule has 0 aliphatic heterocycles. The number of nitrogens with zero attached hydrogens (tertiary/aromatic N) is 1. The minimum atomic E-state index is 0.260. The second-order valence-electron chi connectivity index (χ2n) is 6.03. The number of hydrogen-bond acceptors (Lipinski definition) is 4. The highest BCUT2D eigenvalue weighted by Crippen LogP contribution is 2.14. The molecule has 2 aromatic carbocycles. The minimum absolute atomic E-state index is 0.260. The number of aryl methyl sites for hydroxylation is 3. The molecular formula is C21H21N3S. The topological polar surface area (TPSA) is 60.6 Å². The largest absolute Gasteiger partial charge is 0.298 e. The van der Waals surface area contributed by atoms with Gasteiger partial charge in [-0.2, -0.15) is 0 Å². The minimum Gasteiger partial charge on any atom is -0.298 e. The van der Waals surface area contributed by atoms with Crippen LogP contribution in [0.3, 0.4) is 0 Å². The number of aromatic nitrogens is 1. The Kier molecular flexibility index (Phi) is 5.51. The first kappa shape index (κ1) is 17.2. The second-order valence-corrected chi connectivity index (χ2v) is 7.09. The van der Waals surface area contributed by atoms with Crippen LogP contribution in [0.4, 0.5) is 0 Å². The standard InChI is InChI=1S/C21H21N3S/c1-15-24-19(14-25-15)12-6-8-16-7-5-11-18(13-16)21(23)20(22)17-9-3-2-4-10-17/h2-5,7,9-11,13-14,22-23H,6,8,12H2,1H3. The summed E-state index contributed by atoms with van der Waals surface area (Å²) < 4.78 is 0. The summed E-state index contributed by atoms with van der Waals surface area (Å²) in [6, 6.07) is 17.5. The van der Waals surface area contributed by atoms with Crippen molar-refractivity contribution in [3.8, 4) is 0 Å². The van der Waals surface area contributed by atoms with E-state index in [0.29, 0.717) is 0 Å². The van der Waals surface area contributed by atoms with Crippen LogP contribution in [0.2, 0.25) is 0 Å². The Hall–Kier alpha value is -2.59. The lowest BCUT2D eigenvalue weighted by atomic mass is 9.97. The third kappa shape index (κ3) is 4.48. The molecule has 126 valence electrons. The molecule has 1 aromatic heterocycles. The van der Waals surface area contributed by atoms with Gasteiger partial charge in [0.05, 0.1) is 22.1 Å². The lowest BCUT2D eigenvalue weighted by molar-refractivity contribution is 0.802. The summed E-state index contributed by atoms with van der Waals surface area (Å²) in [5, 5.41) is 19.9. The summed E-state index contributed by atoms with van der Waals surface area (Å²) in [6.07, 6.45) is 2.97. The third-order valence-electron chi connectivity index (χ3n) is 4.09. The predicted molar refractivity (Wildman–Crippen MR) is 105 cm³/mol. The average Bonchev–Trinajstić information content (AvgIpc) is 3.06. The zero-order valence-electron chi connectivity index (χ0n) is 14.3. The van der Waals surface area contributed by atoms with Crippen LogP contribution in [-0.4, -0.2) is 16.4 Å². The Balaban J connectivity index is 1.64. The van der Waals surface area contributed by atoms with Gasteiger partial charge in [-0.15, -0.1) is 11.3 Å². The van der Waals surface area contributed by atoms with Crippen molar-refractivity contribution in [2.45, 2.75) is 26.2 Å². The van der Waals surface area contributed by atoms with Crippen LogP contribution >= 0.6 is 11.3 Å². The van der Waals surface area contributed by atoms with E-state index in [9.17, 15) is 0 Å². The number of hydrogen-bond donors (Lipinski definition) is 2. The second kappa shape index (κ2) is 7.99. The Morgan fingerprint density at radius 1 is 0.920 bits per heavy atom. The Morgan fingerprint density at radius 2 is 1.64 bits per heavy atom. The molecule has 3 aromatic rings. The van der Waals surface area contributed by atoms with Crippen LogP contribution in [-0.2, 0) is 12.8 Å². The van der Waals surface area contributed by atoms with Gasteiger partial charge < -0.3 is 0 Å². The molecule has 0 amide bonds. The van der Waals surface area contributed by atoms with Crippen molar-refractivity contribution in [2.24, 2.45) is 0 Å². The van der Waals surface area contributed by atoms with Crippen molar-refractivity contribution in [3.63, 3.8) is 0 Å². The maximum atomic E-state index is 8.35. The fourth-order valence-electron chi connectivity index (χ4n) is 2.77. The molecule has 0 aliphatic carbocycles. The Bertz CT molecular complexity index is 881. The van der Waals surface area contributed by atoms with Crippen LogP contribution in [0.5, 0.6) is 0 Å². The lowest BCUT2D eigenvalue weighted by Crippen LogP contribution is -2.14. The van der Waals surface area contributed by atoms with Gasteiger partial charge in [-0.3, -0.25) is 10.8 Å². The molecule has 0 saturated heterocycles. The third-order valence-corrected chi connectivity index (χ3v) is 4.92. The number of benzene rings is 2. The molecule has 0 saturated carbocycles. The van der Waals surface area contributed by atoms with Crippen molar-refractivity contribution < 1.29 is 0 Å². The van der Waals surface area contributed by atoms with Gasteiger partial charge >= 0.3 is 0 Å². The summed E-state index contributed by atoms with van der Waals surface area (Å²) in [5.41, 5.74) is 4.47. The van der Waals surface area contributed by atoms with E-state index in [-0.39, 0.29) is 11.4 Å². The SMILES string of the molecule is Cc1nc(CCCc2cccc(C(=N)C(=N)c3ccccc3)c2)cs1. The number of rotatable bonds is 7. The van der Waals surface area contributed by atoms with Gasteiger partial charge in [0, 0.05) is 16.5 Å². The Labute approximate surface area is 152 Å². The smallest absolute Gasteiger partial charge is 0.0897 e. The Morgan fingerprint density at radius 3 is 2.36 bits per heavy atom. The monoisotopic (exact) mass is 347 g/mol. The molecule has 1 heterocycles. The maximum Gasteiger partial charge on any atom is 0.0897 e. The summed E-state index contributed by atoms with van der Waals surface area (Å²) in [4.78, 5) is 4.50. The average molecular weight is 347 g/mol. The summed E-state index contributed by atoms with van der Waals surface area (Å²) in [7, 11) is 0. The van der Waals surface area contributed by atoms with Gasteiger partial charge in [-0.05, 0) is 37.8 Å². The van der Waals surface area contributed by atoms with E-state index in [0.717, 1.165) is 41.1 Å². The fourth-order valence-corrected chi connectivity index (χ4v) is 3.42. The van der Waals surface area contributed by atoms with Crippen molar-refractivity contribution >= 4 is 22.8 Å². The molecule has 25 heavy (non-hydrogen) atoms. The predicted octanol–water partition coefficient (Wildman–Crippen LogP) is 5.06. The van der Waals surface area contributed by atoms with E-state index < -0.39 is 0 Å². The van der Waals surface area contributed by atoms with Gasteiger partial charge in [-0.1, -0.05) is 48.5 Å². The van der Waals surface area contributed by atoms with E-state index >= 15 is 0 Å². The van der Waals surface area contributed by atoms with Crippen molar-refractivity contribution in [3.05, 3.63) is 87.4 Å². The highest BCUT2D eigenvalue weighted by atomic mass is 32.1. The summed E-state index contributed by atoms with van der Waals surface area (Å²) in [5.74, 6) is 0. The molecule has 0 atom stereocenters. The molecule has 0 unspecified atom stereocenters. The number of nitrogens with one attached hydrogen (secondary N) is 2. The molecule has 0 aliphatic rings. The van der Waals surface area contributed by atoms with Gasteiger partial charge in [0.25, 0.3) is 0 Å². The maximum absolute atomic E-state index is 8.35. The summed E-state index contributed by atoms with van der Waals surface area (Å²) >= 11 is 1.70. The fraction of sp³-hybridized carbons (Fsp3) is 0.190. The first-order valence-electron chi connectivity index (χ1n) is 8.36. The zero-order valence-corrected chi connectivity index (χ0v) is 15.1. The van der Waals surface area contributed by atoms with Crippen molar-refractivity contribution in [2.75, 3.05) is 0 Å². The first-order valence-corrected chi connectivity index (χ1v) is 9.24. The van der Waals surface area contributed by atoms with Gasteiger partial charge in [0.15, 0.2) is 0 Å². The molecule has 3 rings (SSSR count). The molecule has 0 radical (unpaired) electrons. The van der Waals surface area contributed by atoms with Gasteiger partial charge in [0.1, 0.15) is 0 Å². The molecule has 0 spiro atoms. The molecule has 0 bridgehead atoms. The van der Waals surface area contributed by atoms with E-state index in [1.165, 1.54) is 5.56 Å². The zero-order chi connectivity index (χ0) is 17.6. The molecule has 2 N–H and O–H groups in total. The van der Waals surface area contributed by atoms with Crippen LogP contribution in [0.15, 0.2) is 60.0 Å². The van der Waals surface area contributed by atoms with Gasteiger partial charge in [0.2, 0.25) is 0 Å². The van der Waals surface area contributed by atoms with E-state index in [1.807, 2.05) is 55.5 Å². The summed E-state index contributed by atoms with van der Waals surface area (Å²) in [6.45, 7) is 2.03. The molecule has 3 nitrogen and oxygen atoms in total. The molecular weight excluding hydrogens is 326 g/mol. The van der Waals surface area contributed by atoms with Crippen LogP contribution in [0.25, 0.3) is 0 Å². The van der Waals surface area contributed by atoms with Crippen molar-refractivity contribution in [1.29, 1.82) is 10.8 Å². The normalized spacial score (nSPS) is 10.6. The van der Waals surface area contributed by atoms with E-state index in [1.54, 1.807) is 11.3 Å². The van der Waals surface area contributed by atoms with E-state index in [4.69, 9.17) is 10.8 Å². The molecule has 4 heteroatoms. The highest BCUT2D eigenvalue weighted by Gasteiger charge is 2.10. The van der Waals surface area contributed by atoms with Crippen LogP contribution < -0.4 is 0 Å². The molecule has 0 fully saturated rings. The van der Waals surface area contributed by atoms with Gasteiger partial charge in [-0.25, -0.2) is 4.98 Å². The van der Waals surface area contributed by atoms with Crippen LogP contribution in [0, 0.1) is 17.7 Å². The van der Waals surface area contributed by atoms with E-state index in [2.05, 4.69) is 16.4 Å². The van der Waals surface area contributed by atoms with Crippen molar-refractivity contribution in [1.82, 2.24) is 4.98 Å².